The summed E-state index contributed by atoms with van der Waals surface area (Å²) in [6.45, 7) is 4.12. The Hall–Kier alpha value is -3.58. The second-order valence-corrected chi connectivity index (χ2v) is 7.52. The van der Waals surface area contributed by atoms with Gasteiger partial charge in [-0.1, -0.05) is 23.7 Å². The Morgan fingerprint density at radius 3 is 2.87 bits per heavy atom. The molecule has 0 unspecified atom stereocenters. The monoisotopic (exact) mass is 437 g/mol. The van der Waals surface area contributed by atoms with E-state index in [4.69, 9.17) is 20.8 Å². The molecule has 0 bridgehead atoms. The number of ether oxygens (including phenoxy) is 1. The smallest absolute Gasteiger partial charge is 0.419 e. The van der Waals surface area contributed by atoms with Gasteiger partial charge in [-0.3, -0.25) is 9.36 Å². The van der Waals surface area contributed by atoms with Crippen molar-refractivity contribution in [3.63, 3.8) is 0 Å². The fourth-order valence-corrected chi connectivity index (χ4v) is 3.35. The number of benzene rings is 2. The Labute approximate surface area is 183 Å². The second kappa shape index (κ2) is 8.65. The SMILES string of the molecule is Cc1cccc(Oc2ncccc2NC(=O)CCn2c(=O)oc3cc(Cl)ccc32)c1C. The third-order valence-electron chi connectivity index (χ3n) is 5.00. The molecule has 0 saturated carbocycles. The van der Waals surface area contributed by atoms with Crippen molar-refractivity contribution in [3.05, 3.63) is 81.4 Å². The van der Waals surface area contributed by atoms with Crippen LogP contribution in [0.25, 0.3) is 11.1 Å². The summed E-state index contributed by atoms with van der Waals surface area (Å²) < 4.78 is 12.6. The predicted octanol–water partition coefficient (Wildman–Crippen LogP) is 5.08. The molecule has 4 aromatic rings. The number of halogens is 1. The van der Waals surface area contributed by atoms with Crippen molar-refractivity contribution in [3.8, 4) is 11.6 Å². The number of oxazole rings is 1. The van der Waals surface area contributed by atoms with Crippen LogP contribution in [0, 0.1) is 13.8 Å². The van der Waals surface area contributed by atoms with Crippen LogP contribution in [0.5, 0.6) is 11.6 Å². The van der Waals surface area contributed by atoms with E-state index in [1.165, 1.54) is 4.57 Å². The highest BCUT2D eigenvalue weighted by molar-refractivity contribution is 6.31. The second-order valence-electron chi connectivity index (χ2n) is 7.09. The lowest BCUT2D eigenvalue weighted by molar-refractivity contribution is -0.116. The number of carbonyl (C=O) groups excluding carboxylic acids is 1. The van der Waals surface area contributed by atoms with Gasteiger partial charge in [0.2, 0.25) is 11.8 Å². The highest BCUT2D eigenvalue weighted by Crippen LogP contribution is 2.30. The number of rotatable bonds is 6. The summed E-state index contributed by atoms with van der Waals surface area (Å²) in [5.74, 6) is 0.147. The van der Waals surface area contributed by atoms with Crippen LogP contribution in [0.1, 0.15) is 17.5 Å². The molecule has 158 valence electrons. The molecule has 0 radical (unpaired) electrons. The van der Waals surface area contributed by atoms with Crippen molar-refractivity contribution in [2.45, 2.75) is 26.8 Å². The minimum absolute atomic E-state index is 0.0645. The lowest BCUT2D eigenvalue weighted by Gasteiger charge is -2.13. The molecule has 1 amide bonds. The number of pyridine rings is 1. The van der Waals surface area contributed by atoms with E-state index in [1.54, 1.807) is 36.5 Å². The molecule has 2 heterocycles. The van der Waals surface area contributed by atoms with Crippen LogP contribution >= 0.6 is 11.6 Å². The van der Waals surface area contributed by atoms with E-state index < -0.39 is 5.76 Å². The number of carbonyl (C=O) groups is 1. The molecule has 2 aromatic heterocycles. The Morgan fingerprint density at radius 2 is 2.03 bits per heavy atom. The van der Waals surface area contributed by atoms with Gasteiger partial charge in [0, 0.05) is 30.3 Å². The van der Waals surface area contributed by atoms with E-state index in [9.17, 15) is 9.59 Å². The Bertz CT molecular complexity index is 1330. The summed E-state index contributed by atoms with van der Waals surface area (Å²) in [7, 11) is 0. The summed E-state index contributed by atoms with van der Waals surface area (Å²) in [6, 6.07) is 14.1. The average Bonchev–Trinajstić information content (AvgIpc) is 3.05. The standard InChI is InChI=1S/C23H20ClN3O4/c1-14-5-3-7-19(15(14)2)30-22-17(6-4-11-25-22)26-21(28)10-12-27-18-9-8-16(24)13-20(18)31-23(27)29/h3-9,11,13H,10,12H2,1-2H3,(H,26,28). The number of hydrogen-bond acceptors (Lipinski definition) is 5. The van der Waals surface area contributed by atoms with Gasteiger partial charge >= 0.3 is 5.76 Å². The number of aryl methyl sites for hydroxylation is 2. The highest BCUT2D eigenvalue weighted by atomic mass is 35.5. The zero-order valence-electron chi connectivity index (χ0n) is 17.0. The average molecular weight is 438 g/mol. The zero-order chi connectivity index (χ0) is 22.0. The fourth-order valence-electron chi connectivity index (χ4n) is 3.18. The normalized spacial score (nSPS) is 10.9. The molecule has 7 nitrogen and oxygen atoms in total. The van der Waals surface area contributed by atoms with Gasteiger partial charge in [-0.25, -0.2) is 9.78 Å². The molecule has 1 N–H and O–H groups in total. The molecular weight excluding hydrogens is 418 g/mol. The molecular formula is C23H20ClN3O4. The molecule has 0 atom stereocenters. The predicted molar refractivity (Wildman–Crippen MR) is 119 cm³/mol. The number of nitrogens with zero attached hydrogens (tertiary/aromatic N) is 2. The first kappa shape index (κ1) is 20.7. The molecule has 4 rings (SSSR count). The maximum atomic E-state index is 12.6. The fraction of sp³-hybridized carbons (Fsp3) is 0.174. The first-order chi connectivity index (χ1) is 14.9. The topological polar surface area (TPSA) is 86.4 Å². The maximum Gasteiger partial charge on any atom is 0.419 e. The summed E-state index contributed by atoms with van der Waals surface area (Å²) in [4.78, 5) is 29.0. The molecule has 0 aliphatic carbocycles. The van der Waals surface area contributed by atoms with E-state index >= 15 is 0 Å². The van der Waals surface area contributed by atoms with Crippen molar-refractivity contribution < 1.29 is 13.9 Å². The van der Waals surface area contributed by atoms with Crippen LogP contribution < -0.4 is 15.8 Å². The number of anilines is 1. The van der Waals surface area contributed by atoms with Gasteiger partial charge in [0.05, 0.1) is 5.52 Å². The van der Waals surface area contributed by atoms with Crippen molar-refractivity contribution in [1.82, 2.24) is 9.55 Å². The number of aromatic nitrogens is 2. The van der Waals surface area contributed by atoms with Crippen LogP contribution in [-0.2, 0) is 11.3 Å². The van der Waals surface area contributed by atoms with Crippen molar-refractivity contribution in [1.29, 1.82) is 0 Å². The lowest BCUT2D eigenvalue weighted by Crippen LogP contribution is -2.20. The Kier molecular flexibility index (Phi) is 5.77. The molecule has 0 fully saturated rings. The summed E-state index contributed by atoms with van der Waals surface area (Å²) in [5.41, 5.74) is 3.51. The minimum Gasteiger partial charge on any atom is -0.437 e. The first-order valence-electron chi connectivity index (χ1n) is 9.70. The van der Waals surface area contributed by atoms with Gasteiger partial charge in [-0.2, -0.15) is 0 Å². The number of nitrogens with one attached hydrogen (secondary N) is 1. The largest absolute Gasteiger partial charge is 0.437 e. The van der Waals surface area contributed by atoms with Crippen LogP contribution in [-0.4, -0.2) is 15.5 Å². The molecule has 0 aliphatic rings. The van der Waals surface area contributed by atoms with E-state index in [0.29, 0.717) is 33.4 Å². The minimum atomic E-state index is -0.537. The lowest BCUT2D eigenvalue weighted by atomic mass is 10.1. The van der Waals surface area contributed by atoms with Crippen LogP contribution in [0.3, 0.4) is 0 Å². The van der Waals surface area contributed by atoms with E-state index in [2.05, 4.69) is 10.3 Å². The van der Waals surface area contributed by atoms with Gasteiger partial charge in [0.25, 0.3) is 0 Å². The van der Waals surface area contributed by atoms with Crippen molar-refractivity contribution in [2.75, 3.05) is 5.32 Å². The molecule has 0 saturated heterocycles. The quantitative estimate of drug-likeness (QED) is 0.454. The van der Waals surface area contributed by atoms with Gasteiger partial charge < -0.3 is 14.5 Å². The molecule has 2 aromatic carbocycles. The number of fused-ring (bicyclic) bond motifs is 1. The third kappa shape index (κ3) is 4.46. The van der Waals surface area contributed by atoms with Crippen LogP contribution in [0.15, 0.2) is 63.9 Å². The van der Waals surface area contributed by atoms with E-state index in [0.717, 1.165) is 11.1 Å². The van der Waals surface area contributed by atoms with Crippen molar-refractivity contribution >= 4 is 34.3 Å². The van der Waals surface area contributed by atoms with Crippen molar-refractivity contribution in [2.24, 2.45) is 0 Å². The van der Waals surface area contributed by atoms with Gasteiger partial charge in [-0.15, -0.1) is 0 Å². The molecule has 8 heteroatoms. The third-order valence-corrected chi connectivity index (χ3v) is 5.23. The number of amides is 1. The van der Waals surface area contributed by atoms with E-state index in [-0.39, 0.29) is 18.9 Å². The summed E-state index contributed by atoms with van der Waals surface area (Å²) >= 11 is 5.94. The van der Waals surface area contributed by atoms with Gasteiger partial charge in [0.1, 0.15) is 11.4 Å². The Morgan fingerprint density at radius 1 is 1.19 bits per heavy atom. The van der Waals surface area contributed by atoms with E-state index in [1.807, 2.05) is 32.0 Å². The number of hydrogen-bond donors (Lipinski definition) is 1. The van der Waals surface area contributed by atoms with Crippen LogP contribution in [0.4, 0.5) is 5.69 Å². The van der Waals surface area contributed by atoms with Crippen LogP contribution in [0.2, 0.25) is 5.02 Å². The summed E-state index contributed by atoms with van der Waals surface area (Å²) in [5, 5.41) is 3.28. The zero-order valence-corrected chi connectivity index (χ0v) is 17.8. The first-order valence-corrected chi connectivity index (χ1v) is 10.1. The maximum absolute atomic E-state index is 12.6. The summed E-state index contributed by atoms with van der Waals surface area (Å²) in [6.07, 6.45) is 1.66. The van der Waals surface area contributed by atoms with Gasteiger partial charge in [-0.05, 0) is 55.3 Å². The van der Waals surface area contributed by atoms with Gasteiger partial charge in [0.15, 0.2) is 5.58 Å². The Balaban J connectivity index is 1.48. The molecule has 0 spiro atoms. The molecule has 31 heavy (non-hydrogen) atoms. The molecule has 0 aliphatic heterocycles. The highest BCUT2D eigenvalue weighted by Gasteiger charge is 2.14.